The fourth-order valence-electron chi connectivity index (χ4n) is 3.09. The van der Waals surface area contributed by atoms with E-state index in [-0.39, 0.29) is 24.2 Å². The smallest absolute Gasteiger partial charge is 0.426 e. The molecule has 0 aliphatic carbocycles. The summed E-state index contributed by atoms with van der Waals surface area (Å²) in [7, 11) is -1.65. The Morgan fingerprint density at radius 2 is 1.90 bits per heavy atom. The molecular formula is C21H28BN3O4. The molecule has 154 valence electrons. The van der Waals surface area contributed by atoms with Gasteiger partial charge in [-0.3, -0.25) is 14.6 Å². The van der Waals surface area contributed by atoms with Crippen molar-refractivity contribution in [2.75, 3.05) is 0 Å². The second kappa shape index (κ2) is 10.7. The maximum absolute atomic E-state index is 12.6. The maximum Gasteiger partial charge on any atom is 0.475 e. The summed E-state index contributed by atoms with van der Waals surface area (Å²) in [6.07, 6.45) is 3.44. The Hall–Kier alpha value is -2.71. The van der Waals surface area contributed by atoms with Crippen LogP contribution in [-0.2, 0) is 4.79 Å². The predicted octanol–water partition coefficient (Wildman–Crippen LogP) is 1.79. The summed E-state index contributed by atoms with van der Waals surface area (Å²) in [5.74, 6) is -1.30. The molecule has 0 radical (unpaired) electrons. The summed E-state index contributed by atoms with van der Waals surface area (Å²) < 4.78 is 0. The number of rotatable bonds is 9. The molecule has 2 rings (SSSR count). The summed E-state index contributed by atoms with van der Waals surface area (Å²) in [5.41, 5.74) is 2.20. The lowest BCUT2D eigenvalue weighted by Crippen LogP contribution is -2.48. The third kappa shape index (κ3) is 7.32. The van der Waals surface area contributed by atoms with Crippen molar-refractivity contribution in [2.45, 2.75) is 45.6 Å². The molecule has 0 aliphatic heterocycles. The van der Waals surface area contributed by atoms with Crippen molar-refractivity contribution < 1.29 is 19.6 Å². The molecule has 0 aliphatic rings. The Balaban J connectivity index is 2.16. The SMILES string of the molecule is Cc1cccc(C(CC(=O)NC(CC(C)C)B(O)O)NC(=O)c2cccnc2)c1. The van der Waals surface area contributed by atoms with Gasteiger partial charge in [0.2, 0.25) is 5.91 Å². The largest absolute Gasteiger partial charge is 0.475 e. The molecule has 1 aromatic heterocycles. The number of aryl methyl sites for hydroxylation is 1. The lowest BCUT2D eigenvalue weighted by atomic mass is 9.75. The molecule has 0 saturated carbocycles. The number of nitrogens with zero attached hydrogens (tertiary/aromatic N) is 1. The van der Waals surface area contributed by atoms with Crippen LogP contribution in [0.3, 0.4) is 0 Å². The molecular weight excluding hydrogens is 369 g/mol. The van der Waals surface area contributed by atoms with Crippen LogP contribution in [0.5, 0.6) is 0 Å². The highest BCUT2D eigenvalue weighted by atomic mass is 16.4. The second-order valence-electron chi connectivity index (χ2n) is 7.60. The van der Waals surface area contributed by atoms with Crippen molar-refractivity contribution in [1.82, 2.24) is 15.6 Å². The van der Waals surface area contributed by atoms with Gasteiger partial charge in [-0.25, -0.2) is 0 Å². The van der Waals surface area contributed by atoms with E-state index in [4.69, 9.17) is 0 Å². The number of hydrogen-bond donors (Lipinski definition) is 4. The van der Waals surface area contributed by atoms with Crippen molar-refractivity contribution in [2.24, 2.45) is 5.92 Å². The zero-order chi connectivity index (χ0) is 21.4. The van der Waals surface area contributed by atoms with Crippen LogP contribution >= 0.6 is 0 Å². The standard InChI is InChI=1S/C21H28BN3O4/c1-14(2)10-19(22(28)29)25-20(26)12-18(16-7-4-6-15(3)11-16)24-21(27)17-8-5-9-23-13-17/h4-9,11,13-14,18-19,28-29H,10,12H2,1-3H3,(H,24,27)(H,25,26). The van der Waals surface area contributed by atoms with Crippen LogP contribution in [0, 0.1) is 12.8 Å². The van der Waals surface area contributed by atoms with Crippen LogP contribution in [-0.4, -0.2) is 39.9 Å². The van der Waals surface area contributed by atoms with Gasteiger partial charge in [-0.15, -0.1) is 0 Å². The summed E-state index contributed by atoms with van der Waals surface area (Å²) in [4.78, 5) is 29.2. The van der Waals surface area contributed by atoms with E-state index in [9.17, 15) is 19.6 Å². The van der Waals surface area contributed by atoms with Crippen molar-refractivity contribution in [3.63, 3.8) is 0 Å². The quantitative estimate of drug-likeness (QED) is 0.482. The molecule has 2 amide bonds. The summed E-state index contributed by atoms with van der Waals surface area (Å²) in [6.45, 7) is 5.81. The fourth-order valence-corrected chi connectivity index (χ4v) is 3.09. The van der Waals surface area contributed by atoms with E-state index in [2.05, 4.69) is 15.6 Å². The number of amides is 2. The van der Waals surface area contributed by atoms with Gasteiger partial charge in [0, 0.05) is 12.4 Å². The third-order valence-electron chi connectivity index (χ3n) is 4.49. The Morgan fingerprint density at radius 3 is 2.48 bits per heavy atom. The summed E-state index contributed by atoms with van der Waals surface area (Å²) in [5, 5.41) is 24.7. The number of carbonyl (C=O) groups is 2. The molecule has 0 fully saturated rings. The number of carbonyl (C=O) groups excluding carboxylic acids is 2. The van der Waals surface area contributed by atoms with Gasteiger partial charge >= 0.3 is 7.12 Å². The lowest BCUT2D eigenvalue weighted by Gasteiger charge is -2.23. The van der Waals surface area contributed by atoms with Gasteiger partial charge in [0.1, 0.15) is 0 Å². The Morgan fingerprint density at radius 1 is 1.14 bits per heavy atom. The number of benzene rings is 1. The molecule has 4 N–H and O–H groups in total. The van der Waals surface area contributed by atoms with Gasteiger partial charge in [0.25, 0.3) is 5.91 Å². The van der Waals surface area contributed by atoms with Crippen LogP contribution in [0.2, 0.25) is 0 Å². The average molecular weight is 397 g/mol. The number of aromatic nitrogens is 1. The van der Waals surface area contributed by atoms with E-state index in [1.54, 1.807) is 18.3 Å². The highest BCUT2D eigenvalue weighted by Gasteiger charge is 2.28. The average Bonchev–Trinajstić information content (AvgIpc) is 2.67. The molecule has 2 aromatic rings. The van der Waals surface area contributed by atoms with Crippen molar-refractivity contribution in [3.05, 3.63) is 65.5 Å². The zero-order valence-electron chi connectivity index (χ0n) is 17.0. The first-order valence-corrected chi connectivity index (χ1v) is 9.69. The van der Waals surface area contributed by atoms with E-state index in [0.717, 1.165) is 11.1 Å². The molecule has 29 heavy (non-hydrogen) atoms. The minimum atomic E-state index is -1.65. The van der Waals surface area contributed by atoms with E-state index in [1.807, 2.05) is 45.0 Å². The topological polar surface area (TPSA) is 112 Å². The normalized spacial score (nSPS) is 12.9. The van der Waals surface area contributed by atoms with E-state index >= 15 is 0 Å². The molecule has 0 bridgehead atoms. The van der Waals surface area contributed by atoms with Crippen LogP contribution in [0.15, 0.2) is 48.8 Å². The van der Waals surface area contributed by atoms with Gasteiger partial charge in [0.15, 0.2) is 0 Å². The Bertz CT molecular complexity index is 815. The van der Waals surface area contributed by atoms with Crippen molar-refractivity contribution >= 4 is 18.9 Å². The van der Waals surface area contributed by atoms with Crippen LogP contribution in [0.25, 0.3) is 0 Å². The molecule has 8 heteroatoms. The fraction of sp³-hybridized carbons (Fsp3) is 0.381. The first-order valence-electron chi connectivity index (χ1n) is 9.69. The summed E-state index contributed by atoms with van der Waals surface area (Å²) >= 11 is 0. The van der Waals surface area contributed by atoms with Crippen molar-refractivity contribution in [1.29, 1.82) is 0 Å². The van der Waals surface area contributed by atoms with Crippen LogP contribution in [0.1, 0.15) is 54.2 Å². The van der Waals surface area contributed by atoms with Gasteiger partial charge in [-0.1, -0.05) is 43.7 Å². The van der Waals surface area contributed by atoms with Crippen LogP contribution in [0.4, 0.5) is 0 Å². The van der Waals surface area contributed by atoms with Crippen LogP contribution < -0.4 is 10.6 Å². The number of hydrogen-bond acceptors (Lipinski definition) is 5. The van der Waals surface area contributed by atoms with Gasteiger partial charge < -0.3 is 20.7 Å². The summed E-state index contributed by atoms with van der Waals surface area (Å²) in [6, 6.07) is 10.3. The van der Waals surface area contributed by atoms with Crippen molar-refractivity contribution in [3.8, 4) is 0 Å². The van der Waals surface area contributed by atoms with Gasteiger partial charge in [-0.2, -0.15) is 0 Å². The van der Waals surface area contributed by atoms with Gasteiger partial charge in [-0.05, 0) is 37.0 Å². The molecule has 0 saturated heterocycles. The molecule has 2 unspecified atom stereocenters. The highest BCUT2D eigenvalue weighted by molar-refractivity contribution is 6.43. The maximum atomic E-state index is 12.6. The molecule has 2 atom stereocenters. The lowest BCUT2D eigenvalue weighted by molar-refractivity contribution is -0.122. The Kier molecular flexibility index (Phi) is 8.36. The van der Waals surface area contributed by atoms with E-state index in [0.29, 0.717) is 12.0 Å². The number of nitrogens with one attached hydrogen (secondary N) is 2. The molecule has 1 heterocycles. The monoisotopic (exact) mass is 397 g/mol. The number of pyridine rings is 1. The van der Waals surface area contributed by atoms with Gasteiger partial charge in [0.05, 0.1) is 24.0 Å². The molecule has 7 nitrogen and oxygen atoms in total. The van der Waals surface area contributed by atoms with E-state index < -0.39 is 19.1 Å². The predicted molar refractivity (Wildman–Crippen MR) is 112 cm³/mol. The third-order valence-corrected chi connectivity index (χ3v) is 4.49. The first kappa shape index (κ1) is 22.6. The second-order valence-corrected chi connectivity index (χ2v) is 7.60. The zero-order valence-corrected chi connectivity index (χ0v) is 17.0. The first-order chi connectivity index (χ1) is 13.8. The molecule has 1 aromatic carbocycles. The minimum absolute atomic E-state index is 0.0310. The molecule has 0 spiro atoms. The highest BCUT2D eigenvalue weighted by Crippen LogP contribution is 2.19. The van der Waals surface area contributed by atoms with E-state index in [1.165, 1.54) is 6.20 Å². The Labute approximate surface area is 171 Å². The minimum Gasteiger partial charge on any atom is -0.426 e.